The molecule has 0 bridgehead atoms. The van der Waals surface area contributed by atoms with Crippen molar-refractivity contribution in [2.24, 2.45) is 0 Å². The van der Waals surface area contributed by atoms with Crippen LogP contribution in [0, 0.1) is 0 Å². The number of amides is 2. The lowest BCUT2D eigenvalue weighted by Gasteiger charge is -2.26. The second-order valence-electron chi connectivity index (χ2n) is 7.63. The molecule has 0 atom stereocenters. The fraction of sp³-hybridized carbons (Fsp3) is 0.273. The van der Waals surface area contributed by atoms with Gasteiger partial charge in [-0.1, -0.05) is 0 Å². The summed E-state index contributed by atoms with van der Waals surface area (Å²) in [6, 6.07) is 8.48. The van der Waals surface area contributed by atoms with Gasteiger partial charge in [0.05, 0.1) is 5.52 Å². The minimum absolute atomic E-state index is 0.0898. The number of fused-ring (bicyclic) bond motifs is 2. The highest BCUT2D eigenvalue weighted by Gasteiger charge is 2.20. The summed E-state index contributed by atoms with van der Waals surface area (Å²) < 4.78 is 6.60. The molecule has 1 aliphatic heterocycles. The standard InChI is InChI=1S/C22H21N5O4/c28-19(26-10-2-1-3-11-26)13-27-17-12-14(4-5-18(17)31-22(27)30)25-21(29)20-15-6-8-23-16(15)7-9-24-20/h4-9,12,23H,1-3,10-11,13H2,(H,25,29). The highest BCUT2D eigenvalue weighted by Crippen LogP contribution is 2.21. The molecule has 9 heteroatoms. The van der Waals surface area contributed by atoms with Crippen LogP contribution in [-0.4, -0.2) is 44.3 Å². The lowest BCUT2D eigenvalue weighted by Crippen LogP contribution is -2.39. The number of anilines is 1. The quantitative estimate of drug-likeness (QED) is 0.528. The van der Waals surface area contributed by atoms with Crippen molar-refractivity contribution in [2.75, 3.05) is 18.4 Å². The molecule has 1 aliphatic rings. The molecule has 3 aromatic heterocycles. The monoisotopic (exact) mass is 419 g/mol. The summed E-state index contributed by atoms with van der Waals surface area (Å²) in [6.45, 7) is 1.33. The molecule has 4 heterocycles. The van der Waals surface area contributed by atoms with Crippen molar-refractivity contribution in [1.82, 2.24) is 19.4 Å². The van der Waals surface area contributed by atoms with E-state index in [1.54, 1.807) is 47.6 Å². The Hall–Kier alpha value is -3.88. The summed E-state index contributed by atoms with van der Waals surface area (Å²) in [5.41, 5.74) is 2.41. The summed E-state index contributed by atoms with van der Waals surface area (Å²) in [4.78, 5) is 46.8. The van der Waals surface area contributed by atoms with Crippen LogP contribution < -0.4 is 11.1 Å². The number of H-pyrrole nitrogens is 1. The molecule has 0 unspecified atom stereocenters. The van der Waals surface area contributed by atoms with E-state index in [2.05, 4.69) is 15.3 Å². The number of piperidine rings is 1. The lowest BCUT2D eigenvalue weighted by molar-refractivity contribution is -0.132. The van der Waals surface area contributed by atoms with Crippen LogP contribution >= 0.6 is 0 Å². The predicted octanol–water partition coefficient (Wildman–Crippen LogP) is 2.74. The molecule has 2 N–H and O–H groups in total. The molecule has 158 valence electrons. The van der Waals surface area contributed by atoms with Gasteiger partial charge in [0.1, 0.15) is 12.2 Å². The number of hydrogen-bond donors (Lipinski definition) is 2. The minimum Gasteiger partial charge on any atom is -0.408 e. The molecule has 1 saturated heterocycles. The lowest BCUT2D eigenvalue weighted by atomic mass is 10.1. The fourth-order valence-corrected chi connectivity index (χ4v) is 4.02. The fourth-order valence-electron chi connectivity index (χ4n) is 4.02. The highest BCUT2D eigenvalue weighted by atomic mass is 16.4. The first-order valence-corrected chi connectivity index (χ1v) is 10.2. The first-order chi connectivity index (χ1) is 15.1. The van der Waals surface area contributed by atoms with Crippen LogP contribution in [0.1, 0.15) is 29.8 Å². The first-order valence-electron chi connectivity index (χ1n) is 10.2. The third-order valence-corrected chi connectivity index (χ3v) is 5.62. The number of carbonyl (C=O) groups is 2. The van der Waals surface area contributed by atoms with E-state index in [1.807, 2.05) is 0 Å². The zero-order valence-corrected chi connectivity index (χ0v) is 16.8. The number of oxazole rings is 1. The second kappa shape index (κ2) is 7.75. The van der Waals surface area contributed by atoms with E-state index in [9.17, 15) is 14.4 Å². The van der Waals surface area contributed by atoms with Crippen molar-refractivity contribution in [2.45, 2.75) is 25.8 Å². The van der Waals surface area contributed by atoms with E-state index in [0.29, 0.717) is 41.0 Å². The SMILES string of the molecule is O=C(Nc1ccc2oc(=O)n(CC(=O)N3CCCCC3)c2c1)c1nccc2[nH]ccc12. The number of benzene rings is 1. The number of rotatable bonds is 4. The highest BCUT2D eigenvalue weighted by molar-refractivity contribution is 6.11. The maximum Gasteiger partial charge on any atom is 0.420 e. The van der Waals surface area contributed by atoms with Crippen molar-refractivity contribution >= 4 is 39.5 Å². The van der Waals surface area contributed by atoms with E-state index in [-0.39, 0.29) is 18.4 Å². The molecule has 0 spiro atoms. The number of aromatic nitrogens is 3. The summed E-state index contributed by atoms with van der Waals surface area (Å²) in [6.07, 6.45) is 6.39. The zero-order chi connectivity index (χ0) is 21.4. The van der Waals surface area contributed by atoms with Crippen LogP contribution in [0.4, 0.5) is 5.69 Å². The molecular weight excluding hydrogens is 398 g/mol. The Morgan fingerprint density at radius 3 is 2.81 bits per heavy atom. The number of nitrogens with one attached hydrogen (secondary N) is 2. The topological polar surface area (TPSA) is 113 Å². The third kappa shape index (κ3) is 3.58. The largest absolute Gasteiger partial charge is 0.420 e. The molecule has 2 amide bonds. The summed E-state index contributed by atoms with van der Waals surface area (Å²) in [5, 5.41) is 3.53. The Bertz CT molecular complexity index is 1340. The van der Waals surface area contributed by atoms with Gasteiger partial charge in [-0.25, -0.2) is 4.79 Å². The first kappa shape index (κ1) is 19.1. The number of hydrogen-bond acceptors (Lipinski definition) is 5. The normalized spacial score (nSPS) is 14.3. The summed E-state index contributed by atoms with van der Waals surface area (Å²) in [7, 11) is 0. The van der Waals surface area contributed by atoms with Crippen molar-refractivity contribution < 1.29 is 14.0 Å². The predicted molar refractivity (Wildman–Crippen MR) is 115 cm³/mol. The average molecular weight is 419 g/mol. The Kier molecular flexibility index (Phi) is 4.78. The Labute approximate surface area is 176 Å². The average Bonchev–Trinajstić information content (AvgIpc) is 3.38. The second-order valence-corrected chi connectivity index (χ2v) is 7.63. The third-order valence-electron chi connectivity index (χ3n) is 5.62. The van der Waals surface area contributed by atoms with Crippen molar-refractivity contribution in [3.8, 4) is 0 Å². The zero-order valence-electron chi connectivity index (χ0n) is 16.8. The van der Waals surface area contributed by atoms with Gasteiger partial charge >= 0.3 is 5.76 Å². The van der Waals surface area contributed by atoms with Gasteiger partial charge in [0.15, 0.2) is 5.58 Å². The molecule has 1 fully saturated rings. The van der Waals surface area contributed by atoms with Gasteiger partial charge in [-0.3, -0.25) is 19.1 Å². The maximum atomic E-state index is 12.8. The van der Waals surface area contributed by atoms with Crippen LogP contribution in [0.15, 0.2) is 51.9 Å². The van der Waals surface area contributed by atoms with E-state index in [4.69, 9.17) is 4.42 Å². The Balaban J connectivity index is 1.42. The number of carbonyl (C=O) groups excluding carboxylic acids is 2. The van der Waals surface area contributed by atoms with Gasteiger partial charge in [0, 0.05) is 42.1 Å². The van der Waals surface area contributed by atoms with Gasteiger partial charge in [0.25, 0.3) is 5.91 Å². The number of likely N-dealkylation sites (tertiary alicyclic amines) is 1. The molecule has 0 aliphatic carbocycles. The smallest absolute Gasteiger partial charge is 0.408 e. The molecular formula is C22H21N5O4. The number of nitrogens with zero attached hydrogens (tertiary/aromatic N) is 3. The summed E-state index contributed by atoms with van der Waals surface area (Å²) >= 11 is 0. The van der Waals surface area contributed by atoms with Crippen LogP contribution in [0.5, 0.6) is 0 Å². The van der Waals surface area contributed by atoms with Gasteiger partial charge in [0.2, 0.25) is 5.91 Å². The summed E-state index contributed by atoms with van der Waals surface area (Å²) in [5.74, 6) is -1.07. The van der Waals surface area contributed by atoms with Crippen molar-refractivity contribution in [1.29, 1.82) is 0 Å². The van der Waals surface area contributed by atoms with Gasteiger partial charge in [-0.15, -0.1) is 0 Å². The van der Waals surface area contributed by atoms with E-state index < -0.39 is 5.76 Å². The van der Waals surface area contributed by atoms with E-state index >= 15 is 0 Å². The Morgan fingerprint density at radius 1 is 1.13 bits per heavy atom. The molecule has 0 radical (unpaired) electrons. The molecule has 9 nitrogen and oxygen atoms in total. The van der Waals surface area contributed by atoms with Crippen LogP contribution in [0.2, 0.25) is 0 Å². The number of pyridine rings is 1. The van der Waals surface area contributed by atoms with Crippen molar-refractivity contribution in [3.05, 3.63) is 59.0 Å². The molecule has 4 aromatic rings. The molecule has 1 aromatic carbocycles. The van der Waals surface area contributed by atoms with Crippen LogP contribution in [-0.2, 0) is 11.3 Å². The van der Waals surface area contributed by atoms with Gasteiger partial charge < -0.3 is 19.6 Å². The van der Waals surface area contributed by atoms with E-state index in [1.165, 1.54) is 4.57 Å². The minimum atomic E-state index is -0.595. The van der Waals surface area contributed by atoms with Crippen molar-refractivity contribution in [3.63, 3.8) is 0 Å². The molecule has 0 saturated carbocycles. The Morgan fingerprint density at radius 2 is 1.97 bits per heavy atom. The number of aromatic amines is 1. The van der Waals surface area contributed by atoms with Crippen LogP contribution in [0.25, 0.3) is 22.0 Å². The van der Waals surface area contributed by atoms with Gasteiger partial charge in [-0.2, -0.15) is 0 Å². The van der Waals surface area contributed by atoms with E-state index in [0.717, 1.165) is 24.8 Å². The maximum absolute atomic E-state index is 12.8. The van der Waals surface area contributed by atoms with Gasteiger partial charge in [-0.05, 0) is 49.6 Å². The molecule has 31 heavy (non-hydrogen) atoms. The molecule has 5 rings (SSSR count). The van der Waals surface area contributed by atoms with Crippen LogP contribution in [0.3, 0.4) is 0 Å².